The van der Waals surface area contributed by atoms with Gasteiger partial charge in [0.05, 0.1) is 0 Å². The largest absolute Gasteiger partial charge is 0.457 e. The zero-order chi connectivity index (χ0) is 16.7. The van der Waals surface area contributed by atoms with Crippen LogP contribution < -0.4 is 15.4 Å². The van der Waals surface area contributed by atoms with E-state index in [-0.39, 0.29) is 6.03 Å². The molecule has 4 heteroatoms. The van der Waals surface area contributed by atoms with Gasteiger partial charge in [0.25, 0.3) is 0 Å². The highest BCUT2D eigenvalue weighted by atomic mass is 16.5. The van der Waals surface area contributed by atoms with Gasteiger partial charge in [0.15, 0.2) is 0 Å². The molecule has 0 saturated heterocycles. The molecular formula is C19H22N2O2. The Labute approximate surface area is 137 Å². The van der Waals surface area contributed by atoms with Crippen molar-refractivity contribution in [2.24, 2.45) is 5.92 Å². The third-order valence-corrected chi connectivity index (χ3v) is 3.43. The Balaban J connectivity index is 1.90. The van der Waals surface area contributed by atoms with Crippen LogP contribution in [0.25, 0.3) is 0 Å². The van der Waals surface area contributed by atoms with Crippen LogP contribution in [0.3, 0.4) is 0 Å². The van der Waals surface area contributed by atoms with Crippen LogP contribution in [0.5, 0.6) is 11.5 Å². The summed E-state index contributed by atoms with van der Waals surface area (Å²) in [5.74, 6) is 1.91. The van der Waals surface area contributed by atoms with Gasteiger partial charge in [-0.25, -0.2) is 4.79 Å². The predicted octanol–water partition coefficient (Wildman–Crippen LogP) is 5.16. The molecule has 2 aromatic carbocycles. The van der Waals surface area contributed by atoms with Crippen LogP contribution in [0, 0.1) is 5.92 Å². The molecule has 0 heterocycles. The first kappa shape index (κ1) is 16.6. The van der Waals surface area contributed by atoms with Gasteiger partial charge >= 0.3 is 6.03 Å². The highest BCUT2D eigenvalue weighted by molar-refractivity contribution is 5.89. The molecule has 4 nitrogen and oxygen atoms in total. The average molecular weight is 310 g/mol. The molecule has 0 bridgehead atoms. The molecule has 0 aliphatic carbocycles. The maximum Gasteiger partial charge on any atom is 0.323 e. The summed E-state index contributed by atoms with van der Waals surface area (Å²) in [6.07, 6.45) is 1.73. The number of para-hydroxylation sites is 1. The summed E-state index contributed by atoms with van der Waals surface area (Å²) >= 11 is 0. The van der Waals surface area contributed by atoms with E-state index >= 15 is 0 Å². The van der Waals surface area contributed by atoms with Crippen LogP contribution in [0.4, 0.5) is 10.5 Å². The maximum atomic E-state index is 11.8. The molecule has 0 aromatic heterocycles. The molecule has 0 aliphatic rings. The van der Waals surface area contributed by atoms with Crippen molar-refractivity contribution in [2.45, 2.75) is 20.8 Å². The van der Waals surface area contributed by atoms with E-state index in [1.54, 1.807) is 18.3 Å². The number of hydrogen-bond acceptors (Lipinski definition) is 2. The first-order chi connectivity index (χ1) is 11.0. The minimum absolute atomic E-state index is 0.262. The van der Waals surface area contributed by atoms with E-state index in [1.807, 2.05) is 49.4 Å². The lowest BCUT2D eigenvalue weighted by Gasteiger charge is -2.09. The van der Waals surface area contributed by atoms with E-state index < -0.39 is 0 Å². The molecule has 2 N–H and O–H groups in total. The van der Waals surface area contributed by atoms with Gasteiger partial charge in [-0.05, 0) is 49.2 Å². The lowest BCUT2D eigenvalue weighted by atomic mass is 10.1. The second-order valence-electron chi connectivity index (χ2n) is 5.58. The fraction of sp³-hybridized carbons (Fsp3) is 0.211. The number of benzene rings is 2. The Bertz CT molecular complexity index is 662. The predicted molar refractivity (Wildman–Crippen MR) is 93.7 cm³/mol. The number of amides is 2. The molecule has 2 aromatic rings. The van der Waals surface area contributed by atoms with E-state index in [9.17, 15) is 4.79 Å². The Kier molecular flexibility index (Phi) is 5.80. The number of carbonyl (C=O) groups is 1. The van der Waals surface area contributed by atoms with Crippen LogP contribution in [0.15, 0.2) is 66.4 Å². The van der Waals surface area contributed by atoms with Crippen LogP contribution in [0.1, 0.15) is 20.8 Å². The van der Waals surface area contributed by atoms with E-state index in [2.05, 4.69) is 24.5 Å². The second-order valence-corrected chi connectivity index (χ2v) is 5.58. The summed E-state index contributed by atoms with van der Waals surface area (Å²) in [5, 5.41) is 5.50. The van der Waals surface area contributed by atoms with Gasteiger partial charge in [0, 0.05) is 11.9 Å². The summed E-state index contributed by atoms with van der Waals surface area (Å²) in [6, 6.07) is 16.5. The molecule has 0 atom stereocenters. The van der Waals surface area contributed by atoms with Crippen LogP contribution in [-0.2, 0) is 0 Å². The molecular weight excluding hydrogens is 288 g/mol. The second kappa shape index (κ2) is 8.03. The summed E-state index contributed by atoms with van der Waals surface area (Å²) in [5.41, 5.74) is 1.82. The number of rotatable bonds is 5. The molecule has 0 aliphatic heterocycles. The van der Waals surface area contributed by atoms with E-state index in [1.165, 1.54) is 0 Å². The van der Waals surface area contributed by atoms with E-state index in [0.29, 0.717) is 11.6 Å². The number of nitrogens with one attached hydrogen (secondary N) is 2. The van der Waals surface area contributed by atoms with Crippen molar-refractivity contribution in [3.63, 3.8) is 0 Å². The Morgan fingerprint density at radius 3 is 2.22 bits per heavy atom. The summed E-state index contributed by atoms with van der Waals surface area (Å²) < 4.78 is 5.71. The molecule has 23 heavy (non-hydrogen) atoms. The van der Waals surface area contributed by atoms with Crippen molar-refractivity contribution in [1.29, 1.82) is 0 Å². The highest BCUT2D eigenvalue weighted by Gasteiger charge is 2.02. The zero-order valence-electron chi connectivity index (χ0n) is 13.7. The van der Waals surface area contributed by atoms with Crippen LogP contribution in [0.2, 0.25) is 0 Å². The molecule has 2 rings (SSSR count). The zero-order valence-corrected chi connectivity index (χ0v) is 13.7. The van der Waals surface area contributed by atoms with Crippen molar-refractivity contribution >= 4 is 11.7 Å². The number of allylic oxidation sites excluding steroid dienone is 1. The van der Waals surface area contributed by atoms with Crippen LogP contribution in [-0.4, -0.2) is 6.03 Å². The monoisotopic (exact) mass is 310 g/mol. The molecule has 2 amide bonds. The third kappa shape index (κ3) is 5.51. The molecule has 120 valence electrons. The fourth-order valence-electron chi connectivity index (χ4n) is 1.74. The van der Waals surface area contributed by atoms with Crippen molar-refractivity contribution in [3.05, 3.63) is 66.4 Å². The quantitative estimate of drug-likeness (QED) is 0.801. The third-order valence-electron chi connectivity index (χ3n) is 3.43. The number of anilines is 1. The van der Waals surface area contributed by atoms with Gasteiger partial charge in [-0.15, -0.1) is 0 Å². The van der Waals surface area contributed by atoms with Crippen molar-refractivity contribution in [2.75, 3.05) is 5.32 Å². The van der Waals surface area contributed by atoms with Gasteiger partial charge in [-0.1, -0.05) is 37.6 Å². The topological polar surface area (TPSA) is 50.4 Å². The number of urea groups is 1. The fourth-order valence-corrected chi connectivity index (χ4v) is 1.74. The standard InChI is InChI=1S/C19H22N2O2/c1-14(2)15(3)13-20-19(22)21-16-9-11-18(12-10-16)23-17-7-5-4-6-8-17/h4-14H,1-3H3,(H2,20,21,22)/b15-13+. The Morgan fingerprint density at radius 1 is 1.00 bits per heavy atom. The normalized spacial score (nSPS) is 11.2. The molecule has 0 radical (unpaired) electrons. The van der Waals surface area contributed by atoms with Crippen LogP contribution >= 0.6 is 0 Å². The van der Waals surface area contributed by atoms with E-state index in [0.717, 1.165) is 17.1 Å². The van der Waals surface area contributed by atoms with Gasteiger partial charge in [0.1, 0.15) is 11.5 Å². The Hall–Kier alpha value is -2.75. The molecule has 0 unspecified atom stereocenters. The lowest BCUT2D eigenvalue weighted by molar-refractivity contribution is 0.255. The summed E-state index contributed by atoms with van der Waals surface area (Å²) in [6.45, 7) is 6.15. The summed E-state index contributed by atoms with van der Waals surface area (Å²) in [4.78, 5) is 11.8. The molecule has 0 spiro atoms. The SMILES string of the molecule is C/C(=C\NC(=O)Nc1ccc(Oc2ccccc2)cc1)C(C)C. The minimum atomic E-state index is -0.262. The summed E-state index contributed by atoms with van der Waals surface area (Å²) in [7, 11) is 0. The first-order valence-electron chi connectivity index (χ1n) is 7.62. The van der Waals surface area contributed by atoms with Gasteiger partial charge < -0.3 is 15.4 Å². The van der Waals surface area contributed by atoms with Gasteiger partial charge in [0.2, 0.25) is 0 Å². The molecule has 0 fully saturated rings. The lowest BCUT2D eigenvalue weighted by Crippen LogP contribution is -2.24. The number of ether oxygens (including phenoxy) is 1. The number of carbonyl (C=O) groups excluding carboxylic acids is 1. The van der Waals surface area contributed by atoms with Gasteiger partial charge in [-0.2, -0.15) is 0 Å². The van der Waals surface area contributed by atoms with Crippen molar-refractivity contribution in [1.82, 2.24) is 5.32 Å². The maximum absolute atomic E-state index is 11.8. The number of hydrogen-bond donors (Lipinski definition) is 2. The Morgan fingerprint density at radius 2 is 1.61 bits per heavy atom. The van der Waals surface area contributed by atoms with E-state index in [4.69, 9.17) is 4.74 Å². The van der Waals surface area contributed by atoms with Gasteiger partial charge in [-0.3, -0.25) is 0 Å². The first-order valence-corrected chi connectivity index (χ1v) is 7.62. The average Bonchev–Trinajstić information content (AvgIpc) is 2.55. The minimum Gasteiger partial charge on any atom is -0.457 e. The van der Waals surface area contributed by atoms with Crippen molar-refractivity contribution < 1.29 is 9.53 Å². The smallest absolute Gasteiger partial charge is 0.323 e. The highest BCUT2D eigenvalue weighted by Crippen LogP contribution is 2.22. The van der Waals surface area contributed by atoms with Crippen molar-refractivity contribution in [3.8, 4) is 11.5 Å². The molecule has 0 saturated carbocycles.